The van der Waals surface area contributed by atoms with Gasteiger partial charge in [0.05, 0.1) is 0 Å². The molecule has 0 aliphatic carbocycles. The third-order valence-electron chi connectivity index (χ3n) is 1.19. The van der Waals surface area contributed by atoms with Gasteiger partial charge in [-0.05, 0) is 13.3 Å². The number of halogens is 1. The summed E-state index contributed by atoms with van der Waals surface area (Å²) < 4.78 is 17.0. The predicted molar refractivity (Wildman–Crippen MR) is 41.0 cm³/mol. The Labute approximate surface area is 66.0 Å². The maximum Gasteiger partial charge on any atom is 0.333 e. The number of carbonyl (C=O) groups excluding carboxylic acids is 1. The molecule has 64 valence electrons. The number of hydrogen-bond donors (Lipinski definition) is 0. The molecule has 0 radical (unpaired) electrons. The molecule has 0 N–H and O–H groups in total. The van der Waals surface area contributed by atoms with Crippen LogP contribution in [0.15, 0.2) is 12.2 Å². The minimum Gasteiger partial charge on any atom is -0.459 e. The van der Waals surface area contributed by atoms with Gasteiger partial charge in [-0.15, -0.1) is 0 Å². The van der Waals surface area contributed by atoms with E-state index in [0.717, 1.165) is 0 Å². The molecular formula is C8H13FO2. The van der Waals surface area contributed by atoms with Crippen molar-refractivity contribution >= 4 is 5.97 Å². The zero-order valence-corrected chi connectivity index (χ0v) is 6.89. The Balaban J connectivity index is 3.54. The van der Waals surface area contributed by atoms with Crippen molar-refractivity contribution in [3.63, 3.8) is 0 Å². The molecule has 0 amide bonds. The quantitative estimate of drug-likeness (QED) is 0.463. The number of esters is 1. The van der Waals surface area contributed by atoms with Crippen LogP contribution in [0.3, 0.4) is 0 Å². The Morgan fingerprint density at radius 1 is 1.73 bits per heavy atom. The Kier molecular flexibility index (Phi) is 4.50. The average Bonchev–Trinajstić information content (AvgIpc) is 1.99. The lowest BCUT2D eigenvalue weighted by Gasteiger charge is -2.05. The van der Waals surface area contributed by atoms with Crippen molar-refractivity contribution < 1.29 is 13.9 Å². The summed E-state index contributed by atoms with van der Waals surface area (Å²) in [4.78, 5) is 10.7. The molecule has 2 nitrogen and oxygen atoms in total. The van der Waals surface area contributed by atoms with Crippen molar-refractivity contribution in [2.24, 2.45) is 0 Å². The molecule has 0 aromatic carbocycles. The van der Waals surface area contributed by atoms with E-state index in [1.165, 1.54) is 6.92 Å². The van der Waals surface area contributed by atoms with Crippen LogP contribution in [0.4, 0.5) is 4.39 Å². The molecular weight excluding hydrogens is 147 g/mol. The van der Waals surface area contributed by atoms with Gasteiger partial charge in [-0.25, -0.2) is 9.18 Å². The first-order valence-corrected chi connectivity index (χ1v) is 3.54. The highest BCUT2D eigenvalue weighted by Gasteiger charge is 2.07. The first kappa shape index (κ1) is 10.1. The van der Waals surface area contributed by atoms with Gasteiger partial charge in [-0.3, -0.25) is 0 Å². The molecule has 0 aliphatic rings. The Morgan fingerprint density at radius 3 is 2.64 bits per heavy atom. The Morgan fingerprint density at radius 2 is 2.27 bits per heavy atom. The SMILES string of the molecule is C=C(C)C(=O)OCC(F)CC. The maximum absolute atomic E-state index is 12.4. The van der Waals surface area contributed by atoms with Gasteiger partial charge < -0.3 is 4.74 Å². The molecule has 3 heteroatoms. The molecule has 0 heterocycles. The summed E-state index contributed by atoms with van der Waals surface area (Å²) in [6.45, 7) is 6.42. The Bertz CT molecular complexity index is 154. The van der Waals surface area contributed by atoms with E-state index in [0.29, 0.717) is 12.0 Å². The third-order valence-corrected chi connectivity index (χ3v) is 1.19. The maximum atomic E-state index is 12.4. The van der Waals surface area contributed by atoms with Crippen molar-refractivity contribution in [1.29, 1.82) is 0 Å². The molecule has 0 fully saturated rings. The van der Waals surface area contributed by atoms with Crippen molar-refractivity contribution in [2.75, 3.05) is 6.61 Å². The van der Waals surface area contributed by atoms with Gasteiger partial charge in [0, 0.05) is 5.57 Å². The van der Waals surface area contributed by atoms with Crippen molar-refractivity contribution in [2.45, 2.75) is 26.4 Å². The van der Waals surface area contributed by atoms with Crippen molar-refractivity contribution in [3.8, 4) is 0 Å². The number of rotatable bonds is 4. The standard InChI is InChI=1S/C8H13FO2/c1-4-7(9)5-11-8(10)6(2)3/h7H,2,4-5H2,1,3H3. The van der Waals surface area contributed by atoms with Crippen LogP contribution in [-0.2, 0) is 9.53 Å². The first-order chi connectivity index (χ1) is 5.07. The fourth-order valence-corrected chi connectivity index (χ4v) is 0.407. The topological polar surface area (TPSA) is 26.3 Å². The third kappa shape index (κ3) is 4.53. The summed E-state index contributed by atoms with van der Waals surface area (Å²) in [6, 6.07) is 0. The summed E-state index contributed by atoms with van der Waals surface area (Å²) in [5.74, 6) is -0.527. The van der Waals surface area contributed by atoms with Gasteiger partial charge in [0.15, 0.2) is 0 Å². The molecule has 0 saturated carbocycles. The molecule has 0 aromatic heterocycles. The molecule has 1 atom stereocenters. The number of carbonyl (C=O) groups is 1. The lowest BCUT2D eigenvalue weighted by molar-refractivity contribution is -0.140. The van der Waals surface area contributed by atoms with Gasteiger partial charge >= 0.3 is 5.97 Å². The largest absolute Gasteiger partial charge is 0.459 e. The fourth-order valence-electron chi connectivity index (χ4n) is 0.407. The average molecular weight is 160 g/mol. The summed E-state index contributed by atoms with van der Waals surface area (Å²) in [6.07, 6.45) is -0.693. The molecule has 1 unspecified atom stereocenters. The van der Waals surface area contributed by atoms with E-state index in [1.807, 2.05) is 0 Å². The fraction of sp³-hybridized carbons (Fsp3) is 0.625. The highest BCUT2D eigenvalue weighted by atomic mass is 19.1. The monoisotopic (exact) mass is 160 g/mol. The van der Waals surface area contributed by atoms with Gasteiger partial charge in [0.25, 0.3) is 0 Å². The number of hydrogen-bond acceptors (Lipinski definition) is 2. The molecule has 11 heavy (non-hydrogen) atoms. The van der Waals surface area contributed by atoms with Gasteiger partial charge in [0.1, 0.15) is 12.8 Å². The van der Waals surface area contributed by atoms with Crippen LogP contribution in [0.1, 0.15) is 20.3 Å². The van der Waals surface area contributed by atoms with E-state index >= 15 is 0 Å². The van der Waals surface area contributed by atoms with Gasteiger partial charge in [-0.1, -0.05) is 13.5 Å². The summed E-state index contributed by atoms with van der Waals surface area (Å²) >= 11 is 0. The lowest BCUT2D eigenvalue weighted by atomic mass is 10.3. The van der Waals surface area contributed by atoms with E-state index in [-0.39, 0.29) is 6.61 Å². The van der Waals surface area contributed by atoms with E-state index in [9.17, 15) is 9.18 Å². The number of ether oxygens (including phenoxy) is 1. The van der Waals surface area contributed by atoms with Crippen LogP contribution < -0.4 is 0 Å². The molecule has 0 rings (SSSR count). The van der Waals surface area contributed by atoms with Crippen LogP contribution in [-0.4, -0.2) is 18.7 Å². The van der Waals surface area contributed by atoms with Crippen LogP contribution in [0.5, 0.6) is 0 Å². The van der Waals surface area contributed by atoms with Gasteiger partial charge in [-0.2, -0.15) is 0 Å². The van der Waals surface area contributed by atoms with Crippen LogP contribution in [0.25, 0.3) is 0 Å². The second-order valence-electron chi connectivity index (χ2n) is 2.38. The van der Waals surface area contributed by atoms with E-state index in [1.54, 1.807) is 6.92 Å². The molecule has 0 aliphatic heterocycles. The molecule has 0 saturated heterocycles. The first-order valence-electron chi connectivity index (χ1n) is 3.54. The van der Waals surface area contributed by atoms with E-state index < -0.39 is 12.1 Å². The van der Waals surface area contributed by atoms with Crippen LogP contribution >= 0.6 is 0 Å². The minimum absolute atomic E-state index is 0.164. The van der Waals surface area contributed by atoms with Gasteiger partial charge in [0.2, 0.25) is 0 Å². The lowest BCUT2D eigenvalue weighted by Crippen LogP contribution is -2.14. The zero-order chi connectivity index (χ0) is 8.85. The van der Waals surface area contributed by atoms with E-state index in [4.69, 9.17) is 0 Å². The highest BCUT2D eigenvalue weighted by molar-refractivity contribution is 5.86. The molecule has 0 aromatic rings. The highest BCUT2D eigenvalue weighted by Crippen LogP contribution is 1.99. The molecule has 0 bridgehead atoms. The van der Waals surface area contributed by atoms with Crippen LogP contribution in [0.2, 0.25) is 0 Å². The Hall–Kier alpha value is -0.860. The van der Waals surface area contributed by atoms with Crippen LogP contribution in [0, 0.1) is 0 Å². The zero-order valence-electron chi connectivity index (χ0n) is 6.89. The second kappa shape index (κ2) is 4.88. The summed E-state index contributed by atoms with van der Waals surface area (Å²) in [5.41, 5.74) is 0.299. The number of alkyl halides is 1. The smallest absolute Gasteiger partial charge is 0.333 e. The molecule has 0 spiro atoms. The minimum atomic E-state index is -1.06. The predicted octanol–water partition coefficient (Wildman–Crippen LogP) is 1.85. The summed E-state index contributed by atoms with van der Waals surface area (Å²) in [5, 5.41) is 0. The van der Waals surface area contributed by atoms with Crippen molar-refractivity contribution in [1.82, 2.24) is 0 Å². The normalized spacial score (nSPS) is 12.3. The second-order valence-corrected chi connectivity index (χ2v) is 2.38. The summed E-state index contributed by atoms with van der Waals surface area (Å²) in [7, 11) is 0. The van der Waals surface area contributed by atoms with E-state index in [2.05, 4.69) is 11.3 Å². The van der Waals surface area contributed by atoms with Crippen molar-refractivity contribution in [3.05, 3.63) is 12.2 Å².